The fourth-order valence-corrected chi connectivity index (χ4v) is 1.72. The van der Waals surface area contributed by atoms with Gasteiger partial charge >= 0.3 is 0 Å². The third-order valence-corrected chi connectivity index (χ3v) is 3.03. The zero-order valence-corrected chi connectivity index (χ0v) is 9.53. The Morgan fingerprint density at radius 3 is 2.69 bits per heavy atom. The Balaban J connectivity index is 2.01. The summed E-state index contributed by atoms with van der Waals surface area (Å²) in [5.74, 6) is -0.153. The second kappa shape index (κ2) is 4.22. The van der Waals surface area contributed by atoms with Crippen LogP contribution in [-0.2, 0) is 0 Å². The minimum atomic E-state index is -0.252. The van der Waals surface area contributed by atoms with Gasteiger partial charge < -0.3 is 10.4 Å². The number of aliphatic hydroxyl groups excluding tert-OH is 1. The molecule has 0 aromatic carbocycles. The first-order valence-corrected chi connectivity index (χ1v) is 5.49. The van der Waals surface area contributed by atoms with E-state index in [2.05, 4.69) is 10.3 Å². The van der Waals surface area contributed by atoms with Crippen molar-refractivity contribution >= 4 is 5.91 Å². The summed E-state index contributed by atoms with van der Waals surface area (Å²) >= 11 is 0. The van der Waals surface area contributed by atoms with Crippen LogP contribution in [0.3, 0.4) is 0 Å². The van der Waals surface area contributed by atoms with Gasteiger partial charge in [0.2, 0.25) is 0 Å². The summed E-state index contributed by atoms with van der Waals surface area (Å²) in [6.07, 6.45) is 1.05. The molecule has 16 heavy (non-hydrogen) atoms. The number of nitrogens with one attached hydrogen (secondary N) is 1. The molecule has 1 heterocycles. The molecule has 0 aliphatic heterocycles. The molecule has 1 saturated carbocycles. The first kappa shape index (κ1) is 11.1. The monoisotopic (exact) mass is 220 g/mol. The molecule has 0 saturated heterocycles. The highest BCUT2D eigenvalue weighted by molar-refractivity contribution is 5.92. The van der Waals surface area contributed by atoms with Crippen LogP contribution in [-0.4, -0.2) is 28.1 Å². The van der Waals surface area contributed by atoms with Crippen molar-refractivity contribution in [3.63, 3.8) is 0 Å². The lowest BCUT2D eigenvalue weighted by Crippen LogP contribution is -2.46. The predicted octanol–water partition coefficient (Wildman–Crippen LogP) is 0.952. The Labute approximate surface area is 94.7 Å². The highest BCUT2D eigenvalue weighted by Gasteiger charge is 2.28. The van der Waals surface area contributed by atoms with E-state index in [1.165, 1.54) is 0 Å². The van der Waals surface area contributed by atoms with Gasteiger partial charge in [0.05, 0.1) is 6.10 Å². The maximum atomic E-state index is 11.8. The third-order valence-electron chi connectivity index (χ3n) is 3.03. The van der Waals surface area contributed by atoms with E-state index in [0.717, 1.165) is 11.3 Å². The highest BCUT2D eigenvalue weighted by atomic mass is 16.3. The number of aryl methyl sites for hydroxylation is 2. The normalized spacial score (nSPS) is 23.7. The van der Waals surface area contributed by atoms with Gasteiger partial charge in [0.25, 0.3) is 5.91 Å². The van der Waals surface area contributed by atoms with Gasteiger partial charge in [-0.15, -0.1) is 0 Å². The molecule has 0 bridgehead atoms. The number of aliphatic hydroxyl groups is 1. The lowest BCUT2D eigenvalue weighted by atomic mass is 9.89. The van der Waals surface area contributed by atoms with Crippen LogP contribution in [0.15, 0.2) is 12.1 Å². The van der Waals surface area contributed by atoms with Crippen LogP contribution in [0.1, 0.15) is 34.6 Å². The molecule has 0 atom stereocenters. The van der Waals surface area contributed by atoms with Crippen molar-refractivity contribution in [3.8, 4) is 0 Å². The van der Waals surface area contributed by atoms with Crippen molar-refractivity contribution in [2.75, 3.05) is 0 Å². The second-order valence-corrected chi connectivity index (χ2v) is 4.39. The molecule has 0 radical (unpaired) electrons. The molecule has 1 aliphatic carbocycles. The summed E-state index contributed by atoms with van der Waals surface area (Å²) in [6.45, 7) is 3.85. The summed E-state index contributed by atoms with van der Waals surface area (Å²) in [4.78, 5) is 16.0. The Hall–Kier alpha value is -1.42. The summed E-state index contributed by atoms with van der Waals surface area (Å²) in [5.41, 5.74) is 2.40. The van der Waals surface area contributed by atoms with E-state index >= 15 is 0 Å². The summed E-state index contributed by atoms with van der Waals surface area (Å²) in [7, 11) is 0. The van der Waals surface area contributed by atoms with E-state index in [4.69, 9.17) is 5.11 Å². The summed E-state index contributed by atoms with van der Waals surface area (Å²) in [5, 5.41) is 12.0. The van der Waals surface area contributed by atoms with Crippen LogP contribution in [0.2, 0.25) is 0 Å². The molecule has 4 heteroatoms. The van der Waals surface area contributed by atoms with Crippen molar-refractivity contribution in [2.24, 2.45) is 0 Å². The van der Waals surface area contributed by atoms with Crippen molar-refractivity contribution in [3.05, 3.63) is 29.1 Å². The first-order valence-electron chi connectivity index (χ1n) is 5.49. The van der Waals surface area contributed by atoms with Crippen molar-refractivity contribution in [1.82, 2.24) is 10.3 Å². The smallest absolute Gasteiger partial charge is 0.270 e. The van der Waals surface area contributed by atoms with Crippen molar-refractivity contribution in [1.29, 1.82) is 0 Å². The van der Waals surface area contributed by atoms with E-state index in [9.17, 15) is 4.79 Å². The zero-order chi connectivity index (χ0) is 11.7. The highest BCUT2D eigenvalue weighted by Crippen LogP contribution is 2.19. The lowest BCUT2D eigenvalue weighted by Gasteiger charge is -2.31. The molecule has 1 aromatic rings. The van der Waals surface area contributed by atoms with E-state index < -0.39 is 0 Å². The standard InChI is InChI=1S/C12H16N2O2/c1-7-3-4-11(13-8(7)2)12(16)14-9-5-10(15)6-9/h3-4,9-10,15H,5-6H2,1-2H3,(H,14,16). The summed E-state index contributed by atoms with van der Waals surface area (Å²) in [6, 6.07) is 3.73. The van der Waals surface area contributed by atoms with Crippen LogP contribution in [0, 0.1) is 13.8 Å². The van der Waals surface area contributed by atoms with E-state index in [1.54, 1.807) is 6.07 Å². The molecule has 4 nitrogen and oxygen atoms in total. The maximum absolute atomic E-state index is 11.8. The first-order chi connectivity index (χ1) is 7.56. The third kappa shape index (κ3) is 2.22. The zero-order valence-electron chi connectivity index (χ0n) is 9.53. The molecule has 2 rings (SSSR count). The Morgan fingerprint density at radius 2 is 2.12 bits per heavy atom. The number of hydrogen-bond donors (Lipinski definition) is 2. The molecule has 86 valence electrons. The Bertz CT molecular complexity index is 411. The van der Waals surface area contributed by atoms with Gasteiger partial charge in [-0.2, -0.15) is 0 Å². The number of hydrogen-bond acceptors (Lipinski definition) is 3. The number of amides is 1. The largest absolute Gasteiger partial charge is 0.393 e. The van der Waals surface area contributed by atoms with E-state index in [1.807, 2.05) is 19.9 Å². The molecule has 1 fully saturated rings. The SMILES string of the molecule is Cc1ccc(C(=O)NC2CC(O)C2)nc1C. The minimum Gasteiger partial charge on any atom is -0.393 e. The van der Waals surface area contributed by atoms with Gasteiger partial charge in [0, 0.05) is 11.7 Å². The van der Waals surface area contributed by atoms with Gasteiger partial charge in [0.1, 0.15) is 5.69 Å². The van der Waals surface area contributed by atoms with Gasteiger partial charge in [-0.25, -0.2) is 4.98 Å². The predicted molar refractivity (Wildman–Crippen MR) is 60.2 cm³/mol. The maximum Gasteiger partial charge on any atom is 0.270 e. The molecular formula is C12H16N2O2. The molecule has 0 unspecified atom stereocenters. The fourth-order valence-electron chi connectivity index (χ4n) is 1.72. The second-order valence-electron chi connectivity index (χ2n) is 4.39. The number of rotatable bonds is 2. The van der Waals surface area contributed by atoms with E-state index in [-0.39, 0.29) is 18.1 Å². The molecular weight excluding hydrogens is 204 g/mol. The number of nitrogens with zero attached hydrogens (tertiary/aromatic N) is 1. The summed E-state index contributed by atoms with van der Waals surface area (Å²) < 4.78 is 0. The number of pyridine rings is 1. The Morgan fingerprint density at radius 1 is 1.44 bits per heavy atom. The van der Waals surface area contributed by atoms with Crippen LogP contribution >= 0.6 is 0 Å². The Kier molecular flexibility index (Phi) is 2.92. The average molecular weight is 220 g/mol. The topological polar surface area (TPSA) is 62.2 Å². The molecule has 1 aliphatic rings. The molecule has 1 aromatic heterocycles. The van der Waals surface area contributed by atoms with Crippen LogP contribution in [0.4, 0.5) is 0 Å². The van der Waals surface area contributed by atoms with E-state index in [0.29, 0.717) is 18.5 Å². The molecule has 2 N–H and O–H groups in total. The molecule has 0 spiro atoms. The van der Waals surface area contributed by atoms with Crippen LogP contribution in [0.25, 0.3) is 0 Å². The van der Waals surface area contributed by atoms with Gasteiger partial charge in [-0.1, -0.05) is 6.07 Å². The number of aromatic nitrogens is 1. The molecule has 1 amide bonds. The van der Waals surface area contributed by atoms with Gasteiger partial charge in [-0.3, -0.25) is 4.79 Å². The van der Waals surface area contributed by atoms with Crippen molar-refractivity contribution in [2.45, 2.75) is 38.8 Å². The fraction of sp³-hybridized carbons (Fsp3) is 0.500. The quantitative estimate of drug-likeness (QED) is 0.780. The van der Waals surface area contributed by atoms with Crippen LogP contribution < -0.4 is 5.32 Å². The average Bonchev–Trinajstić information content (AvgIpc) is 2.19. The van der Waals surface area contributed by atoms with Gasteiger partial charge in [0.15, 0.2) is 0 Å². The minimum absolute atomic E-state index is 0.103. The van der Waals surface area contributed by atoms with Crippen LogP contribution in [0.5, 0.6) is 0 Å². The van der Waals surface area contributed by atoms with Crippen molar-refractivity contribution < 1.29 is 9.90 Å². The van der Waals surface area contributed by atoms with Gasteiger partial charge in [-0.05, 0) is 38.3 Å². The number of carbonyl (C=O) groups is 1. The lowest BCUT2D eigenvalue weighted by molar-refractivity contribution is 0.0560. The number of carbonyl (C=O) groups excluding carboxylic acids is 1.